The zero-order valence-electron chi connectivity index (χ0n) is 22.0. The molecule has 212 valence electrons. The number of alkyl halides is 3. The number of nitrogens with one attached hydrogen (secondary N) is 2. The molecule has 0 unspecified atom stereocenters. The van der Waals surface area contributed by atoms with Gasteiger partial charge in [-0.1, -0.05) is 35.5 Å². The normalized spacial score (nSPS) is 17.9. The summed E-state index contributed by atoms with van der Waals surface area (Å²) >= 11 is 0. The molecule has 2 aromatic heterocycles. The number of rotatable bonds is 10. The highest BCUT2D eigenvalue weighted by Gasteiger charge is 2.38. The van der Waals surface area contributed by atoms with Crippen LogP contribution >= 0.6 is 0 Å². The van der Waals surface area contributed by atoms with E-state index in [-0.39, 0.29) is 29.4 Å². The van der Waals surface area contributed by atoms with Crippen molar-refractivity contribution < 1.29 is 26.8 Å². The third-order valence-electron chi connectivity index (χ3n) is 6.93. The molecule has 2 N–H and O–H groups in total. The Hall–Kier alpha value is -3.81. The van der Waals surface area contributed by atoms with Gasteiger partial charge in [0.2, 0.25) is 0 Å². The topological polar surface area (TPSA) is 93.3 Å². The van der Waals surface area contributed by atoms with Crippen molar-refractivity contribution in [3.8, 4) is 17.3 Å². The van der Waals surface area contributed by atoms with Crippen LogP contribution < -0.4 is 10.6 Å². The van der Waals surface area contributed by atoms with Gasteiger partial charge in [0.1, 0.15) is 11.6 Å². The van der Waals surface area contributed by atoms with E-state index in [1.165, 1.54) is 12.1 Å². The molecule has 5 rings (SSSR count). The van der Waals surface area contributed by atoms with Crippen LogP contribution in [0.3, 0.4) is 0 Å². The number of hydrogen-bond acceptors (Lipinski definition) is 8. The van der Waals surface area contributed by atoms with Gasteiger partial charge >= 0.3 is 6.18 Å². The Morgan fingerprint density at radius 3 is 2.50 bits per heavy atom. The van der Waals surface area contributed by atoms with Crippen LogP contribution in [-0.4, -0.2) is 70.9 Å². The Kier molecular flexibility index (Phi) is 8.14. The summed E-state index contributed by atoms with van der Waals surface area (Å²) in [6.07, 6.45) is -4.73. The van der Waals surface area contributed by atoms with E-state index in [4.69, 9.17) is 9.26 Å². The Morgan fingerprint density at radius 1 is 1.07 bits per heavy atom. The Labute approximate surface area is 228 Å². The van der Waals surface area contributed by atoms with Gasteiger partial charge in [0.15, 0.2) is 5.69 Å². The van der Waals surface area contributed by atoms with Crippen molar-refractivity contribution >= 4 is 5.82 Å². The number of methoxy groups -OCH3 is 1. The Bertz CT molecular complexity index is 1410. The van der Waals surface area contributed by atoms with Crippen LogP contribution in [0.2, 0.25) is 0 Å². The summed E-state index contributed by atoms with van der Waals surface area (Å²) in [6, 6.07) is 15.8. The van der Waals surface area contributed by atoms with Gasteiger partial charge in [-0.3, -0.25) is 10.2 Å². The molecule has 40 heavy (non-hydrogen) atoms. The van der Waals surface area contributed by atoms with Crippen LogP contribution in [0.5, 0.6) is 0 Å². The molecule has 3 heterocycles. The van der Waals surface area contributed by atoms with Gasteiger partial charge in [0.05, 0.1) is 19.0 Å². The predicted molar refractivity (Wildman–Crippen MR) is 139 cm³/mol. The van der Waals surface area contributed by atoms with Crippen molar-refractivity contribution in [1.29, 1.82) is 0 Å². The number of para-hydroxylation sites is 1. The van der Waals surface area contributed by atoms with Crippen LogP contribution in [-0.2, 0) is 10.9 Å². The number of aromatic nitrogens is 4. The lowest BCUT2D eigenvalue weighted by Gasteiger charge is -2.21. The molecule has 2 atom stereocenters. The van der Waals surface area contributed by atoms with Gasteiger partial charge in [-0.2, -0.15) is 23.3 Å². The maximum Gasteiger partial charge on any atom is 0.455 e. The number of halogens is 4. The average Bonchev–Trinajstić information content (AvgIpc) is 3.66. The fourth-order valence-corrected chi connectivity index (χ4v) is 4.91. The summed E-state index contributed by atoms with van der Waals surface area (Å²) in [5.41, 5.74) is 2.42. The largest absolute Gasteiger partial charge is 0.455 e. The second kappa shape index (κ2) is 11.7. The molecule has 4 aromatic rings. The molecular weight excluding hydrogens is 530 g/mol. The number of ether oxygens (including phenoxy) is 1. The van der Waals surface area contributed by atoms with E-state index in [1.54, 1.807) is 18.7 Å². The summed E-state index contributed by atoms with van der Waals surface area (Å²) < 4.78 is 64.6. The molecule has 1 saturated heterocycles. The summed E-state index contributed by atoms with van der Waals surface area (Å²) in [4.78, 5) is 5.81. The lowest BCUT2D eigenvalue weighted by atomic mass is 9.94. The van der Waals surface area contributed by atoms with Gasteiger partial charge in [-0.15, -0.1) is 0 Å². The van der Waals surface area contributed by atoms with E-state index in [1.807, 2.05) is 42.5 Å². The second-order valence-electron chi connectivity index (χ2n) is 9.57. The molecule has 0 aliphatic carbocycles. The highest BCUT2D eigenvalue weighted by molar-refractivity contribution is 5.65. The molecule has 0 saturated carbocycles. The summed E-state index contributed by atoms with van der Waals surface area (Å²) in [5, 5.41) is 14.5. The number of hydrogen-bond donors (Lipinski definition) is 2. The first-order chi connectivity index (χ1) is 19.2. The second-order valence-corrected chi connectivity index (χ2v) is 9.57. The van der Waals surface area contributed by atoms with Gasteiger partial charge in [0, 0.05) is 44.3 Å². The molecule has 2 aromatic carbocycles. The summed E-state index contributed by atoms with van der Waals surface area (Å²) in [5.74, 6) is -1.29. The number of nitrogens with zero attached hydrogens (tertiary/aromatic N) is 5. The fourth-order valence-electron chi connectivity index (χ4n) is 4.91. The van der Waals surface area contributed by atoms with Crippen LogP contribution in [0.25, 0.3) is 17.3 Å². The Morgan fingerprint density at radius 2 is 1.82 bits per heavy atom. The fraction of sp³-hybridized carbons (Fsp3) is 0.370. The van der Waals surface area contributed by atoms with E-state index >= 15 is 0 Å². The monoisotopic (exact) mass is 559 g/mol. The van der Waals surface area contributed by atoms with Crippen molar-refractivity contribution in [3.63, 3.8) is 0 Å². The predicted octanol–water partition coefficient (Wildman–Crippen LogP) is 4.46. The molecule has 1 aliphatic heterocycles. The molecule has 1 fully saturated rings. The molecule has 0 bridgehead atoms. The van der Waals surface area contributed by atoms with Crippen molar-refractivity contribution in [1.82, 2.24) is 30.1 Å². The minimum absolute atomic E-state index is 0.0491. The van der Waals surface area contributed by atoms with Crippen molar-refractivity contribution in [2.45, 2.75) is 25.1 Å². The lowest BCUT2D eigenvalue weighted by molar-refractivity contribution is -0.146. The minimum atomic E-state index is -4.73. The maximum absolute atomic E-state index is 13.6. The lowest BCUT2D eigenvalue weighted by Crippen LogP contribution is -2.39. The molecule has 9 nitrogen and oxygen atoms in total. The van der Waals surface area contributed by atoms with Crippen molar-refractivity contribution in [2.24, 2.45) is 0 Å². The van der Waals surface area contributed by atoms with Crippen LogP contribution in [0.1, 0.15) is 22.9 Å². The van der Waals surface area contributed by atoms with E-state index in [9.17, 15) is 17.6 Å². The first kappa shape index (κ1) is 27.7. The first-order valence-electron chi connectivity index (χ1n) is 12.7. The SMILES string of the molecule is COCCN1C[C@@H](NCNc2c(C)c(-c3nc(C(F)(F)F)no3)nn2-c2ccccc2)[C@H](c2ccc(F)cc2)C1. The number of anilines is 1. The maximum atomic E-state index is 13.6. The van der Waals surface area contributed by atoms with Gasteiger partial charge in [-0.25, -0.2) is 9.07 Å². The van der Waals surface area contributed by atoms with Gasteiger partial charge in [-0.05, 0) is 36.8 Å². The Balaban J connectivity index is 1.38. The number of benzene rings is 2. The van der Waals surface area contributed by atoms with Crippen LogP contribution in [0, 0.1) is 12.7 Å². The first-order valence-corrected chi connectivity index (χ1v) is 12.7. The molecule has 13 heteroatoms. The zero-order chi connectivity index (χ0) is 28.3. The highest BCUT2D eigenvalue weighted by atomic mass is 19.4. The quantitative estimate of drug-likeness (QED) is 0.217. The third-order valence-corrected chi connectivity index (χ3v) is 6.93. The van der Waals surface area contributed by atoms with E-state index in [2.05, 4.69) is 30.8 Å². The van der Waals surface area contributed by atoms with Crippen molar-refractivity contribution in [3.05, 3.63) is 77.4 Å². The summed E-state index contributed by atoms with van der Waals surface area (Å²) in [6.45, 7) is 4.98. The molecule has 0 radical (unpaired) electrons. The van der Waals surface area contributed by atoms with Gasteiger partial charge in [0.25, 0.3) is 11.7 Å². The van der Waals surface area contributed by atoms with E-state index in [0.717, 1.165) is 25.2 Å². The minimum Gasteiger partial charge on any atom is -0.383 e. The van der Waals surface area contributed by atoms with Crippen LogP contribution in [0.15, 0.2) is 59.1 Å². The molecule has 1 aliphatic rings. The van der Waals surface area contributed by atoms with Crippen molar-refractivity contribution in [2.75, 3.05) is 45.3 Å². The van der Waals surface area contributed by atoms with Crippen LogP contribution in [0.4, 0.5) is 23.4 Å². The third kappa shape index (κ3) is 6.01. The zero-order valence-corrected chi connectivity index (χ0v) is 22.0. The highest BCUT2D eigenvalue weighted by Crippen LogP contribution is 2.33. The number of likely N-dealkylation sites (tertiary alicyclic amines) is 1. The van der Waals surface area contributed by atoms with E-state index in [0.29, 0.717) is 30.3 Å². The standard InChI is InChI=1S/C27H29F4N7O2/c1-17-23(25-34-26(36-40-25)27(29,30)31)35-38(20-6-4-3-5-7-20)24(17)33-16-32-22-15-37(12-13-39-2)14-21(22)18-8-10-19(28)11-9-18/h3-11,21-22,32-33H,12-16H2,1-2H3/t21-,22+/m0/s1. The van der Waals surface area contributed by atoms with Gasteiger partial charge < -0.3 is 14.6 Å². The molecular formula is C27H29F4N7O2. The smallest absolute Gasteiger partial charge is 0.383 e. The average molecular weight is 560 g/mol. The van der Waals surface area contributed by atoms with E-state index < -0.39 is 12.0 Å². The molecule has 0 amide bonds. The molecule has 0 spiro atoms. The summed E-state index contributed by atoms with van der Waals surface area (Å²) in [7, 11) is 1.66.